The number of hydrogen-bond donors (Lipinski definition) is 3. The molecule has 1 aliphatic rings. The highest BCUT2D eigenvalue weighted by Gasteiger charge is 2.28. The Morgan fingerprint density at radius 3 is 3.00 bits per heavy atom. The number of aromatic nitrogens is 1. The minimum Gasteiger partial charge on any atom is -0.477 e. The first-order chi connectivity index (χ1) is 8.50. The Balaban J connectivity index is 2.22. The zero-order chi connectivity index (χ0) is 13.2. The smallest absolute Gasteiger partial charge is 0.354 e. The normalized spacial score (nSPS) is 23.6. The molecule has 2 rings (SSSR count). The first-order valence-electron chi connectivity index (χ1n) is 5.86. The number of nitrogens with two attached hydrogens (primary N) is 1. The van der Waals surface area contributed by atoms with Crippen molar-refractivity contribution in [2.45, 2.75) is 25.3 Å². The number of nitrogens with one attached hydrogen (secondary N) is 1. The average Bonchev–Trinajstić information content (AvgIpc) is 2.32. The van der Waals surface area contributed by atoms with Gasteiger partial charge in [-0.25, -0.2) is 9.78 Å². The molecule has 1 aromatic rings. The Labute approximate surface area is 105 Å². The predicted octanol–water partition coefficient (Wildman–Crippen LogP) is 1.34. The maximum Gasteiger partial charge on any atom is 0.354 e. The van der Waals surface area contributed by atoms with Gasteiger partial charge >= 0.3 is 5.97 Å². The molecule has 1 aromatic heterocycles. The third-order valence-electron chi connectivity index (χ3n) is 3.00. The standard InChI is InChI=1S/C12H17N3O3/c1-12(5-2-6-18-7-12)15-10-8(13)3-4-9(14-10)11(16)17/h3-4H,2,5-7,13H2,1H3,(H,14,15)(H,16,17). The van der Waals surface area contributed by atoms with Crippen molar-refractivity contribution in [1.29, 1.82) is 0 Å². The molecule has 1 saturated heterocycles. The van der Waals surface area contributed by atoms with Gasteiger partial charge in [0, 0.05) is 6.61 Å². The van der Waals surface area contributed by atoms with E-state index in [0.717, 1.165) is 19.4 Å². The molecule has 1 fully saturated rings. The average molecular weight is 251 g/mol. The SMILES string of the molecule is CC1(Nc2nc(C(=O)O)ccc2N)CCCOC1. The summed E-state index contributed by atoms with van der Waals surface area (Å²) in [7, 11) is 0. The third-order valence-corrected chi connectivity index (χ3v) is 3.00. The number of carboxylic acids is 1. The van der Waals surface area contributed by atoms with E-state index in [1.165, 1.54) is 6.07 Å². The summed E-state index contributed by atoms with van der Waals surface area (Å²) in [5.74, 6) is -0.661. The van der Waals surface area contributed by atoms with Crippen LogP contribution in [0.5, 0.6) is 0 Å². The van der Waals surface area contributed by atoms with Crippen molar-refractivity contribution in [3.05, 3.63) is 17.8 Å². The van der Waals surface area contributed by atoms with Crippen LogP contribution in [0.3, 0.4) is 0 Å². The van der Waals surface area contributed by atoms with Gasteiger partial charge in [0.2, 0.25) is 0 Å². The number of rotatable bonds is 3. The number of pyridine rings is 1. The van der Waals surface area contributed by atoms with Gasteiger partial charge in [-0.05, 0) is 31.9 Å². The zero-order valence-electron chi connectivity index (χ0n) is 10.3. The molecular weight excluding hydrogens is 234 g/mol. The second-order valence-electron chi connectivity index (χ2n) is 4.78. The van der Waals surface area contributed by atoms with Crippen molar-refractivity contribution >= 4 is 17.5 Å². The molecule has 1 atom stereocenters. The lowest BCUT2D eigenvalue weighted by Crippen LogP contribution is -2.43. The molecule has 4 N–H and O–H groups in total. The van der Waals surface area contributed by atoms with Gasteiger partial charge in [-0.15, -0.1) is 0 Å². The van der Waals surface area contributed by atoms with E-state index in [4.69, 9.17) is 15.6 Å². The lowest BCUT2D eigenvalue weighted by molar-refractivity contribution is 0.0539. The third kappa shape index (κ3) is 2.70. The second-order valence-corrected chi connectivity index (χ2v) is 4.78. The van der Waals surface area contributed by atoms with E-state index in [2.05, 4.69) is 10.3 Å². The lowest BCUT2D eigenvalue weighted by atomic mass is 9.95. The van der Waals surface area contributed by atoms with Crippen LogP contribution in [0.4, 0.5) is 11.5 Å². The number of hydrogen-bond acceptors (Lipinski definition) is 5. The number of nitrogens with zero attached hydrogens (tertiary/aromatic N) is 1. The largest absolute Gasteiger partial charge is 0.477 e. The van der Waals surface area contributed by atoms with Crippen molar-refractivity contribution in [2.75, 3.05) is 24.3 Å². The van der Waals surface area contributed by atoms with Crippen LogP contribution >= 0.6 is 0 Å². The summed E-state index contributed by atoms with van der Waals surface area (Å²) in [6, 6.07) is 2.94. The summed E-state index contributed by atoms with van der Waals surface area (Å²) in [5.41, 5.74) is 5.97. The molecule has 0 amide bonds. The molecule has 0 spiro atoms. The number of carbonyl (C=O) groups is 1. The minimum absolute atomic E-state index is 0.0213. The van der Waals surface area contributed by atoms with Crippen LogP contribution in [0, 0.1) is 0 Å². The zero-order valence-corrected chi connectivity index (χ0v) is 10.3. The van der Waals surface area contributed by atoms with Crippen molar-refractivity contribution in [3.63, 3.8) is 0 Å². The molecule has 6 nitrogen and oxygen atoms in total. The Hall–Kier alpha value is -1.82. The number of anilines is 2. The quantitative estimate of drug-likeness (QED) is 0.750. The van der Waals surface area contributed by atoms with Crippen LogP contribution in [0.2, 0.25) is 0 Å². The van der Waals surface area contributed by atoms with Crippen molar-refractivity contribution in [2.24, 2.45) is 0 Å². The number of carboxylic acid groups (broad SMARTS) is 1. The summed E-state index contributed by atoms with van der Waals surface area (Å²) >= 11 is 0. The Morgan fingerprint density at radius 2 is 2.39 bits per heavy atom. The molecule has 0 radical (unpaired) electrons. The van der Waals surface area contributed by atoms with Crippen LogP contribution in [0.15, 0.2) is 12.1 Å². The predicted molar refractivity (Wildman–Crippen MR) is 67.7 cm³/mol. The molecule has 6 heteroatoms. The highest BCUT2D eigenvalue weighted by Crippen LogP contribution is 2.26. The van der Waals surface area contributed by atoms with Crippen LogP contribution < -0.4 is 11.1 Å². The molecule has 0 bridgehead atoms. The summed E-state index contributed by atoms with van der Waals surface area (Å²) in [6.45, 7) is 3.33. The van der Waals surface area contributed by atoms with Crippen molar-refractivity contribution < 1.29 is 14.6 Å². The van der Waals surface area contributed by atoms with Gasteiger partial charge in [0.25, 0.3) is 0 Å². The monoisotopic (exact) mass is 251 g/mol. The first kappa shape index (κ1) is 12.6. The van der Waals surface area contributed by atoms with Gasteiger partial charge in [-0.1, -0.05) is 0 Å². The van der Waals surface area contributed by atoms with Crippen molar-refractivity contribution in [3.8, 4) is 0 Å². The van der Waals surface area contributed by atoms with Gasteiger partial charge in [0.1, 0.15) is 0 Å². The topological polar surface area (TPSA) is 97.5 Å². The molecule has 98 valence electrons. The number of ether oxygens (including phenoxy) is 1. The Morgan fingerprint density at radius 1 is 1.61 bits per heavy atom. The number of aromatic carboxylic acids is 1. The Bertz CT molecular complexity index is 456. The van der Waals surface area contributed by atoms with Gasteiger partial charge in [0.15, 0.2) is 11.5 Å². The molecule has 1 aliphatic heterocycles. The molecule has 2 heterocycles. The fraction of sp³-hybridized carbons (Fsp3) is 0.500. The van der Waals surface area contributed by atoms with Crippen molar-refractivity contribution in [1.82, 2.24) is 4.98 Å². The molecule has 18 heavy (non-hydrogen) atoms. The van der Waals surface area contributed by atoms with Crippen LogP contribution in [-0.4, -0.2) is 34.8 Å². The fourth-order valence-electron chi connectivity index (χ4n) is 2.01. The van der Waals surface area contributed by atoms with Gasteiger partial charge < -0.3 is 20.9 Å². The van der Waals surface area contributed by atoms with E-state index < -0.39 is 5.97 Å². The maximum atomic E-state index is 10.9. The van der Waals surface area contributed by atoms with Crippen LogP contribution in [0.1, 0.15) is 30.3 Å². The molecule has 0 aromatic carbocycles. The summed E-state index contributed by atoms with van der Waals surface area (Å²) < 4.78 is 5.43. The first-order valence-corrected chi connectivity index (χ1v) is 5.86. The summed E-state index contributed by atoms with van der Waals surface area (Å²) in [4.78, 5) is 14.9. The molecule has 0 saturated carbocycles. The second kappa shape index (κ2) is 4.81. The van der Waals surface area contributed by atoms with Crippen LogP contribution in [0.25, 0.3) is 0 Å². The Kier molecular flexibility index (Phi) is 3.38. The van der Waals surface area contributed by atoms with E-state index >= 15 is 0 Å². The van der Waals surface area contributed by atoms with Gasteiger partial charge in [-0.2, -0.15) is 0 Å². The summed E-state index contributed by atoms with van der Waals surface area (Å²) in [6.07, 6.45) is 1.90. The molecular formula is C12H17N3O3. The summed E-state index contributed by atoms with van der Waals surface area (Å²) in [5, 5.41) is 12.1. The van der Waals surface area contributed by atoms with E-state index in [1.807, 2.05) is 6.92 Å². The van der Waals surface area contributed by atoms with E-state index in [0.29, 0.717) is 18.1 Å². The van der Waals surface area contributed by atoms with Crippen LogP contribution in [-0.2, 0) is 4.74 Å². The maximum absolute atomic E-state index is 10.9. The minimum atomic E-state index is -1.07. The number of nitrogen functional groups attached to an aromatic ring is 1. The van der Waals surface area contributed by atoms with E-state index in [9.17, 15) is 4.79 Å². The van der Waals surface area contributed by atoms with Gasteiger partial charge in [0.05, 0.1) is 17.8 Å². The molecule has 1 unspecified atom stereocenters. The van der Waals surface area contributed by atoms with Gasteiger partial charge in [-0.3, -0.25) is 0 Å². The van der Waals surface area contributed by atoms with E-state index in [-0.39, 0.29) is 11.2 Å². The highest BCUT2D eigenvalue weighted by molar-refractivity contribution is 5.86. The lowest BCUT2D eigenvalue weighted by Gasteiger charge is -2.35. The molecule has 0 aliphatic carbocycles. The fourth-order valence-corrected chi connectivity index (χ4v) is 2.01. The van der Waals surface area contributed by atoms with E-state index in [1.54, 1.807) is 6.07 Å². The highest BCUT2D eigenvalue weighted by atomic mass is 16.5.